The Labute approximate surface area is 145 Å². The molecular weight excluding hydrogens is 296 g/mol. The van der Waals surface area contributed by atoms with E-state index in [2.05, 4.69) is 48.2 Å². The first-order chi connectivity index (χ1) is 11.6. The molecule has 0 radical (unpaired) electrons. The van der Waals surface area contributed by atoms with Gasteiger partial charge in [0.25, 0.3) is 0 Å². The number of likely N-dealkylation sites (tertiary alicyclic amines) is 1. The van der Waals surface area contributed by atoms with Gasteiger partial charge in [-0.2, -0.15) is 0 Å². The van der Waals surface area contributed by atoms with E-state index in [-0.39, 0.29) is 6.04 Å². The molecule has 2 atom stereocenters. The maximum Gasteiger partial charge on any atom is 0.118 e. The third-order valence-corrected chi connectivity index (χ3v) is 4.98. The normalized spacial score (nSPS) is 21.6. The quantitative estimate of drug-likeness (QED) is 0.916. The Morgan fingerprint density at radius 3 is 2.54 bits per heavy atom. The predicted octanol–water partition coefficient (Wildman–Crippen LogP) is 3.40. The van der Waals surface area contributed by atoms with Crippen molar-refractivity contribution in [2.45, 2.75) is 32.4 Å². The van der Waals surface area contributed by atoms with E-state index >= 15 is 0 Å². The summed E-state index contributed by atoms with van der Waals surface area (Å²) in [6.45, 7) is 5.30. The molecular formula is C21H28N2O. The van der Waals surface area contributed by atoms with Crippen molar-refractivity contribution < 1.29 is 4.74 Å². The Morgan fingerprint density at radius 2 is 1.83 bits per heavy atom. The summed E-state index contributed by atoms with van der Waals surface area (Å²) >= 11 is 0. The minimum Gasteiger partial charge on any atom is -0.497 e. The Bertz CT molecular complexity index is 653. The van der Waals surface area contributed by atoms with Crippen LogP contribution in [0.1, 0.15) is 23.1 Å². The number of rotatable bonds is 5. The first-order valence-corrected chi connectivity index (χ1v) is 8.79. The number of nitrogens with zero attached hydrogens (tertiary/aromatic N) is 1. The third kappa shape index (κ3) is 4.37. The van der Waals surface area contributed by atoms with Gasteiger partial charge in [0.1, 0.15) is 5.75 Å². The van der Waals surface area contributed by atoms with Gasteiger partial charge in [0, 0.05) is 25.7 Å². The molecule has 1 saturated heterocycles. The van der Waals surface area contributed by atoms with Crippen LogP contribution in [0.2, 0.25) is 0 Å². The van der Waals surface area contributed by atoms with Gasteiger partial charge in [-0.25, -0.2) is 0 Å². The highest BCUT2D eigenvalue weighted by molar-refractivity contribution is 5.28. The standard InChI is InChI=1S/C21H28N2O/c1-16-5-3-4-6-19(16)14-23-13-18(12-20(22)15-23)11-17-7-9-21(24-2)10-8-17/h3-10,18,20H,11-15,22H2,1-2H3. The summed E-state index contributed by atoms with van der Waals surface area (Å²) in [5, 5.41) is 0. The zero-order valence-electron chi connectivity index (χ0n) is 14.7. The van der Waals surface area contributed by atoms with Gasteiger partial charge in [-0.15, -0.1) is 0 Å². The lowest BCUT2D eigenvalue weighted by Gasteiger charge is -2.36. The summed E-state index contributed by atoms with van der Waals surface area (Å²) in [4.78, 5) is 2.52. The van der Waals surface area contributed by atoms with Crippen LogP contribution in [0, 0.1) is 12.8 Å². The fourth-order valence-electron chi connectivity index (χ4n) is 3.75. The minimum atomic E-state index is 0.269. The van der Waals surface area contributed by atoms with Gasteiger partial charge in [-0.3, -0.25) is 4.90 Å². The van der Waals surface area contributed by atoms with Crippen molar-refractivity contribution in [2.75, 3.05) is 20.2 Å². The summed E-state index contributed by atoms with van der Waals surface area (Å²) in [6.07, 6.45) is 2.19. The van der Waals surface area contributed by atoms with Crippen molar-refractivity contribution in [1.82, 2.24) is 4.90 Å². The average molecular weight is 324 g/mol. The smallest absolute Gasteiger partial charge is 0.118 e. The van der Waals surface area contributed by atoms with E-state index in [4.69, 9.17) is 10.5 Å². The molecule has 1 fully saturated rings. The van der Waals surface area contributed by atoms with Gasteiger partial charge in [0.2, 0.25) is 0 Å². The molecule has 3 nitrogen and oxygen atoms in total. The third-order valence-electron chi connectivity index (χ3n) is 4.98. The van der Waals surface area contributed by atoms with Crippen molar-refractivity contribution >= 4 is 0 Å². The van der Waals surface area contributed by atoms with Crippen LogP contribution in [0.3, 0.4) is 0 Å². The number of benzene rings is 2. The summed E-state index contributed by atoms with van der Waals surface area (Å²) in [5.41, 5.74) is 10.5. The van der Waals surface area contributed by atoms with Crippen LogP contribution in [0.25, 0.3) is 0 Å². The number of hydrogen-bond donors (Lipinski definition) is 1. The second-order valence-electron chi connectivity index (χ2n) is 7.03. The van der Waals surface area contributed by atoms with Crippen molar-refractivity contribution in [1.29, 1.82) is 0 Å². The van der Waals surface area contributed by atoms with E-state index in [1.165, 1.54) is 16.7 Å². The van der Waals surface area contributed by atoms with Crippen LogP contribution in [0.15, 0.2) is 48.5 Å². The van der Waals surface area contributed by atoms with Gasteiger partial charge in [0.05, 0.1) is 7.11 Å². The number of hydrogen-bond acceptors (Lipinski definition) is 3. The van der Waals surface area contributed by atoms with Crippen LogP contribution in [-0.2, 0) is 13.0 Å². The predicted molar refractivity (Wildman–Crippen MR) is 99.2 cm³/mol. The van der Waals surface area contributed by atoms with Crippen LogP contribution in [0.4, 0.5) is 0 Å². The highest BCUT2D eigenvalue weighted by Gasteiger charge is 2.25. The van der Waals surface area contributed by atoms with E-state index in [1.807, 2.05) is 12.1 Å². The molecule has 2 aromatic rings. The number of ether oxygens (including phenoxy) is 1. The van der Waals surface area contributed by atoms with E-state index in [0.29, 0.717) is 5.92 Å². The summed E-state index contributed by atoms with van der Waals surface area (Å²) in [7, 11) is 1.71. The molecule has 2 unspecified atom stereocenters. The van der Waals surface area contributed by atoms with Crippen LogP contribution in [-0.4, -0.2) is 31.1 Å². The number of piperidine rings is 1. The lowest BCUT2D eigenvalue weighted by molar-refractivity contribution is 0.149. The van der Waals surface area contributed by atoms with Crippen molar-refractivity contribution in [3.05, 3.63) is 65.2 Å². The van der Waals surface area contributed by atoms with Gasteiger partial charge in [-0.1, -0.05) is 36.4 Å². The van der Waals surface area contributed by atoms with E-state index in [0.717, 1.165) is 38.2 Å². The molecule has 24 heavy (non-hydrogen) atoms. The second kappa shape index (κ2) is 7.82. The van der Waals surface area contributed by atoms with Crippen LogP contribution >= 0.6 is 0 Å². The number of aryl methyl sites for hydroxylation is 1. The Balaban J connectivity index is 1.63. The molecule has 0 amide bonds. The Hall–Kier alpha value is -1.84. The van der Waals surface area contributed by atoms with Gasteiger partial charge >= 0.3 is 0 Å². The van der Waals surface area contributed by atoms with Gasteiger partial charge in [-0.05, 0) is 54.5 Å². The molecule has 0 aromatic heterocycles. The summed E-state index contributed by atoms with van der Waals surface area (Å²) in [5.74, 6) is 1.53. The highest BCUT2D eigenvalue weighted by Crippen LogP contribution is 2.23. The first-order valence-electron chi connectivity index (χ1n) is 8.79. The largest absolute Gasteiger partial charge is 0.497 e. The summed E-state index contributed by atoms with van der Waals surface area (Å²) < 4.78 is 5.24. The van der Waals surface area contributed by atoms with E-state index < -0.39 is 0 Å². The SMILES string of the molecule is COc1ccc(CC2CC(N)CN(Cc3ccccc3C)C2)cc1. The average Bonchev–Trinajstić information content (AvgIpc) is 2.57. The van der Waals surface area contributed by atoms with Crippen molar-refractivity contribution in [2.24, 2.45) is 11.7 Å². The van der Waals surface area contributed by atoms with Crippen molar-refractivity contribution in [3.8, 4) is 5.75 Å². The maximum atomic E-state index is 6.34. The molecule has 3 heteroatoms. The second-order valence-corrected chi connectivity index (χ2v) is 7.03. The molecule has 1 heterocycles. The molecule has 0 saturated carbocycles. The van der Waals surface area contributed by atoms with E-state index in [1.54, 1.807) is 7.11 Å². The van der Waals surface area contributed by atoms with Crippen molar-refractivity contribution in [3.63, 3.8) is 0 Å². The molecule has 1 aliphatic heterocycles. The Kier molecular flexibility index (Phi) is 5.54. The highest BCUT2D eigenvalue weighted by atomic mass is 16.5. The Morgan fingerprint density at radius 1 is 1.08 bits per heavy atom. The zero-order chi connectivity index (χ0) is 16.9. The number of nitrogens with two attached hydrogens (primary N) is 1. The van der Waals surface area contributed by atoms with Gasteiger partial charge in [0.15, 0.2) is 0 Å². The van der Waals surface area contributed by atoms with Crippen LogP contribution in [0.5, 0.6) is 5.75 Å². The lowest BCUT2D eigenvalue weighted by atomic mass is 9.88. The molecule has 2 aromatic carbocycles. The zero-order valence-corrected chi connectivity index (χ0v) is 14.7. The molecule has 0 aliphatic carbocycles. The molecule has 0 spiro atoms. The number of methoxy groups -OCH3 is 1. The van der Waals surface area contributed by atoms with E-state index in [9.17, 15) is 0 Å². The monoisotopic (exact) mass is 324 g/mol. The lowest BCUT2D eigenvalue weighted by Crippen LogP contribution is -2.47. The molecule has 128 valence electrons. The molecule has 0 bridgehead atoms. The fourth-order valence-corrected chi connectivity index (χ4v) is 3.75. The summed E-state index contributed by atoms with van der Waals surface area (Å²) in [6, 6.07) is 17.4. The fraction of sp³-hybridized carbons (Fsp3) is 0.429. The van der Waals surface area contributed by atoms with Gasteiger partial charge < -0.3 is 10.5 Å². The molecule has 1 aliphatic rings. The first kappa shape index (κ1) is 17.0. The molecule has 2 N–H and O–H groups in total. The molecule has 3 rings (SSSR count). The van der Waals surface area contributed by atoms with Crippen LogP contribution < -0.4 is 10.5 Å². The minimum absolute atomic E-state index is 0.269. The topological polar surface area (TPSA) is 38.5 Å². The maximum absolute atomic E-state index is 6.34.